The van der Waals surface area contributed by atoms with Crippen LogP contribution in [0.5, 0.6) is 0 Å². The molecular weight excluding hydrogens is 158 g/mol. The van der Waals surface area contributed by atoms with Crippen LogP contribution in [0.4, 0.5) is 5.88 Å². The van der Waals surface area contributed by atoms with Crippen molar-refractivity contribution in [1.29, 1.82) is 0 Å². The van der Waals surface area contributed by atoms with Gasteiger partial charge in [-0.05, 0) is 13.0 Å². The van der Waals surface area contributed by atoms with Gasteiger partial charge in [-0.3, -0.25) is 14.9 Å². The Morgan fingerprint density at radius 1 is 1.42 bits per heavy atom. The molecule has 0 fully saturated rings. The summed E-state index contributed by atoms with van der Waals surface area (Å²) in [6, 6.07) is 3.30. The monoisotopic (exact) mass is 167 g/mol. The minimum Gasteiger partial charge on any atom is -0.446 e. The van der Waals surface area contributed by atoms with Crippen LogP contribution in [0.25, 0.3) is 0 Å². The van der Waals surface area contributed by atoms with Gasteiger partial charge < -0.3 is 4.42 Å². The van der Waals surface area contributed by atoms with Gasteiger partial charge in [0.1, 0.15) is 5.76 Å². The Labute approximate surface area is 69.6 Å². The number of furan rings is 1. The quantitative estimate of drug-likeness (QED) is 0.671. The van der Waals surface area contributed by atoms with Gasteiger partial charge in [-0.15, -0.1) is 0 Å². The summed E-state index contributed by atoms with van der Waals surface area (Å²) in [5, 5.41) is 2.31. The molecule has 1 aromatic rings. The summed E-state index contributed by atoms with van der Waals surface area (Å²) in [4.78, 5) is 21.3. The van der Waals surface area contributed by atoms with Crippen molar-refractivity contribution in [2.75, 3.05) is 5.32 Å². The average molecular weight is 167 g/mol. The van der Waals surface area contributed by atoms with Crippen LogP contribution >= 0.6 is 0 Å². The summed E-state index contributed by atoms with van der Waals surface area (Å²) in [5.41, 5.74) is 0. The highest BCUT2D eigenvalue weighted by molar-refractivity contribution is 6.39. The molecule has 1 amide bonds. The van der Waals surface area contributed by atoms with E-state index in [0.29, 0.717) is 11.6 Å². The second kappa shape index (κ2) is 3.21. The molecule has 0 radical (unpaired) electrons. The maximum Gasteiger partial charge on any atom is 0.293 e. The smallest absolute Gasteiger partial charge is 0.293 e. The maximum absolute atomic E-state index is 10.8. The van der Waals surface area contributed by atoms with E-state index in [9.17, 15) is 9.59 Å². The Morgan fingerprint density at radius 3 is 2.50 bits per heavy atom. The zero-order valence-electron chi connectivity index (χ0n) is 6.88. The number of rotatable bonds is 2. The molecule has 0 aliphatic rings. The van der Waals surface area contributed by atoms with E-state index in [-0.39, 0.29) is 0 Å². The summed E-state index contributed by atoms with van der Waals surface area (Å²) in [6.07, 6.45) is 0. The molecule has 12 heavy (non-hydrogen) atoms. The SMILES string of the molecule is CC(=O)C(=O)Nc1ccc(C)o1. The third-order valence-corrected chi connectivity index (χ3v) is 1.30. The Balaban J connectivity index is 2.64. The number of hydrogen-bond acceptors (Lipinski definition) is 3. The number of aryl methyl sites for hydroxylation is 1. The molecule has 0 unspecified atom stereocenters. The van der Waals surface area contributed by atoms with E-state index < -0.39 is 11.7 Å². The lowest BCUT2D eigenvalue weighted by molar-refractivity contribution is -0.133. The lowest BCUT2D eigenvalue weighted by Gasteiger charge is -1.95. The minimum absolute atomic E-state index is 0.299. The topological polar surface area (TPSA) is 59.3 Å². The zero-order valence-corrected chi connectivity index (χ0v) is 6.88. The average Bonchev–Trinajstić information content (AvgIpc) is 2.35. The Kier molecular flexibility index (Phi) is 2.28. The van der Waals surface area contributed by atoms with Crippen LogP contribution in [-0.4, -0.2) is 11.7 Å². The van der Waals surface area contributed by atoms with Crippen LogP contribution in [0.1, 0.15) is 12.7 Å². The van der Waals surface area contributed by atoms with Crippen LogP contribution in [-0.2, 0) is 9.59 Å². The molecule has 1 N–H and O–H groups in total. The largest absolute Gasteiger partial charge is 0.446 e. The first-order valence-corrected chi connectivity index (χ1v) is 3.48. The van der Waals surface area contributed by atoms with Crippen molar-refractivity contribution in [3.05, 3.63) is 17.9 Å². The Morgan fingerprint density at radius 2 is 2.08 bits per heavy atom. The first-order chi connectivity index (χ1) is 5.59. The van der Waals surface area contributed by atoms with Gasteiger partial charge in [0.25, 0.3) is 5.91 Å². The van der Waals surface area contributed by atoms with Gasteiger partial charge in [-0.1, -0.05) is 0 Å². The molecule has 0 saturated carbocycles. The lowest BCUT2D eigenvalue weighted by Crippen LogP contribution is -2.19. The van der Waals surface area contributed by atoms with Gasteiger partial charge in [0, 0.05) is 13.0 Å². The Hall–Kier alpha value is -1.58. The highest BCUT2D eigenvalue weighted by Crippen LogP contribution is 2.11. The number of hydrogen-bond donors (Lipinski definition) is 1. The highest BCUT2D eigenvalue weighted by atomic mass is 16.4. The molecular formula is C8H9NO3. The van der Waals surface area contributed by atoms with E-state index in [2.05, 4.69) is 5.32 Å². The second-order valence-electron chi connectivity index (χ2n) is 2.42. The summed E-state index contributed by atoms with van der Waals surface area (Å²) >= 11 is 0. The first-order valence-electron chi connectivity index (χ1n) is 3.48. The third kappa shape index (κ3) is 1.95. The molecule has 4 heteroatoms. The highest BCUT2D eigenvalue weighted by Gasteiger charge is 2.08. The van der Waals surface area contributed by atoms with Crippen molar-refractivity contribution in [2.45, 2.75) is 13.8 Å². The molecule has 0 atom stereocenters. The van der Waals surface area contributed by atoms with Crippen molar-refractivity contribution < 1.29 is 14.0 Å². The maximum atomic E-state index is 10.8. The molecule has 0 saturated heterocycles. The third-order valence-electron chi connectivity index (χ3n) is 1.30. The first kappa shape index (κ1) is 8.52. The summed E-state index contributed by atoms with van der Waals surface area (Å²) < 4.78 is 5.02. The van der Waals surface area contributed by atoms with Crippen molar-refractivity contribution >= 4 is 17.6 Å². The molecule has 1 aromatic heterocycles. The molecule has 1 heterocycles. The molecule has 0 spiro atoms. The number of carbonyl (C=O) groups is 2. The van der Waals surface area contributed by atoms with Crippen molar-refractivity contribution in [1.82, 2.24) is 0 Å². The Bertz CT molecular complexity index is 314. The molecule has 0 bridgehead atoms. The summed E-state index contributed by atoms with van der Waals surface area (Å²) in [6.45, 7) is 2.95. The normalized spacial score (nSPS) is 9.50. The number of Topliss-reactive ketones (excluding diaryl/α,β-unsaturated/α-hetero) is 1. The number of anilines is 1. The molecule has 64 valence electrons. The van der Waals surface area contributed by atoms with E-state index in [4.69, 9.17) is 4.42 Å². The number of ketones is 1. The van der Waals surface area contributed by atoms with E-state index in [1.807, 2.05) is 0 Å². The summed E-state index contributed by atoms with van der Waals surface area (Å²) in [5.74, 6) is -0.213. The standard InChI is InChI=1S/C8H9NO3/c1-5-3-4-7(12-5)9-8(11)6(2)10/h3-4H,1-2H3,(H,9,11). The molecule has 0 aliphatic carbocycles. The predicted octanol–water partition coefficient (Wildman–Crippen LogP) is 1.12. The van der Waals surface area contributed by atoms with Crippen molar-refractivity contribution in [3.8, 4) is 0 Å². The second-order valence-corrected chi connectivity index (χ2v) is 2.42. The van der Waals surface area contributed by atoms with Crippen molar-refractivity contribution in [3.63, 3.8) is 0 Å². The predicted molar refractivity (Wildman–Crippen MR) is 42.8 cm³/mol. The van der Waals surface area contributed by atoms with Gasteiger partial charge in [0.2, 0.25) is 5.78 Å². The molecule has 0 aliphatic heterocycles. The number of nitrogens with one attached hydrogen (secondary N) is 1. The zero-order chi connectivity index (χ0) is 9.14. The minimum atomic E-state index is -0.663. The van der Waals surface area contributed by atoms with Crippen molar-refractivity contribution in [2.24, 2.45) is 0 Å². The van der Waals surface area contributed by atoms with E-state index >= 15 is 0 Å². The van der Waals surface area contributed by atoms with E-state index in [0.717, 1.165) is 0 Å². The van der Waals surface area contributed by atoms with Gasteiger partial charge in [0.05, 0.1) is 0 Å². The van der Waals surface area contributed by atoms with E-state index in [1.54, 1.807) is 19.1 Å². The fourth-order valence-electron chi connectivity index (χ4n) is 0.702. The molecule has 1 rings (SSSR count). The fraction of sp³-hybridized carbons (Fsp3) is 0.250. The summed E-state index contributed by atoms with van der Waals surface area (Å²) in [7, 11) is 0. The van der Waals surface area contributed by atoms with Gasteiger partial charge in [-0.2, -0.15) is 0 Å². The lowest BCUT2D eigenvalue weighted by atomic mass is 10.4. The fourth-order valence-corrected chi connectivity index (χ4v) is 0.702. The van der Waals surface area contributed by atoms with Crippen LogP contribution in [0, 0.1) is 6.92 Å². The molecule has 4 nitrogen and oxygen atoms in total. The van der Waals surface area contributed by atoms with Crippen LogP contribution in [0.3, 0.4) is 0 Å². The van der Waals surface area contributed by atoms with Crippen LogP contribution in [0.15, 0.2) is 16.5 Å². The number of carbonyl (C=O) groups excluding carboxylic acids is 2. The van der Waals surface area contributed by atoms with Gasteiger partial charge in [-0.25, -0.2) is 0 Å². The number of amides is 1. The van der Waals surface area contributed by atoms with E-state index in [1.165, 1.54) is 6.92 Å². The molecule has 0 aromatic carbocycles. The van der Waals surface area contributed by atoms with Crippen LogP contribution in [0.2, 0.25) is 0 Å². The van der Waals surface area contributed by atoms with Gasteiger partial charge in [0.15, 0.2) is 5.88 Å². The van der Waals surface area contributed by atoms with Crippen LogP contribution < -0.4 is 5.32 Å². The van der Waals surface area contributed by atoms with Gasteiger partial charge >= 0.3 is 0 Å².